The smallest absolute Gasteiger partial charge is 0.222 e. The summed E-state index contributed by atoms with van der Waals surface area (Å²) in [6, 6.07) is 5.05. The standard InChI is InChI=1S/C12H13Cl2N3O/c1-7-9(6-15)12(17(2)16-7)18-11-5-8(13)3-4-10(11)14/h3-5H,6,15H2,1-2H3. The number of rotatable bonds is 3. The zero-order valence-corrected chi connectivity index (χ0v) is 11.6. The van der Waals surface area contributed by atoms with Crippen LogP contribution in [0.3, 0.4) is 0 Å². The molecule has 0 radical (unpaired) electrons. The highest BCUT2D eigenvalue weighted by atomic mass is 35.5. The zero-order chi connectivity index (χ0) is 13.3. The van der Waals surface area contributed by atoms with Crippen LogP contribution in [0.4, 0.5) is 0 Å². The molecule has 1 aromatic heterocycles. The topological polar surface area (TPSA) is 53.1 Å². The van der Waals surface area contributed by atoms with Gasteiger partial charge in [0.15, 0.2) is 0 Å². The summed E-state index contributed by atoms with van der Waals surface area (Å²) in [5.74, 6) is 1.07. The Bertz CT molecular complexity index is 581. The second-order valence-electron chi connectivity index (χ2n) is 3.87. The van der Waals surface area contributed by atoms with Crippen molar-refractivity contribution in [3.05, 3.63) is 39.5 Å². The fourth-order valence-corrected chi connectivity index (χ4v) is 2.02. The second kappa shape index (κ2) is 5.18. The van der Waals surface area contributed by atoms with Gasteiger partial charge in [-0.2, -0.15) is 5.10 Å². The minimum absolute atomic E-state index is 0.354. The van der Waals surface area contributed by atoms with Crippen molar-refractivity contribution in [3.8, 4) is 11.6 Å². The molecule has 0 saturated heterocycles. The van der Waals surface area contributed by atoms with Crippen molar-refractivity contribution in [1.82, 2.24) is 9.78 Å². The van der Waals surface area contributed by atoms with Gasteiger partial charge in [0.1, 0.15) is 5.75 Å². The van der Waals surface area contributed by atoms with Gasteiger partial charge in [-0.25, -0.2) is 4.68 Å². The summed E-state index contributed by atoms with van der Waals surface area (Å²) >= 11 is 12.0. The van der Waals surface area contributed by atoms with Crippen molar-refractivity contribution in [3.63, 3.8) is 0 Å². The van der Waals surface area contributed by atoms with Crippen LogP contribution in [0.1, 0.15) is 11.3 Å². The van der Waals surface area contributed by atoms with Gasteiger partial charge in [-0.3, -0.25) is 0 Å². The number of aromatic nitrogens is 2. The molecule has 0 atom stereocenters. The van der Waals surface area contributed by atoms with Gasteiger partial charge in [0.25, 0.3) is 0 Å². The van der Waals surface area contributed by atoms with Gasteiger partial charge in [0, 0.05) is 24.7 Å². The van der Waals surface area contributed by atoms with Gasteiger partial charge >= 0.3 is 0 Å². The first-order valence-corrected chi connectivity index (χ1v) is 6.14. The fourth-order valence-electron chi connectivity index (χ4n) is 1.70. The van der Waals surface area contributed by atoms with Gasteiger partial charge in [0.05, 0.1) is 16.3 Å². The van der Waals surface area contributed by atoms with Crippen LogP contribution in [0.5, 0.6) is 11.6 Å². The summed E-state index contributed by atoms with van der Waals surface area (Å²) < 4.78 is 7.40. The van der Waals surface area contributed by atoms with Crippen LogP contribution in [0, 0.1) is 6.92 Å². The fraction of sp³-hybridized carbons (Fsp3) is 0.250. The number of benzene rings is 1. The van der Waals surface area contributed by atoms with Crippen LogP contribution in [0.25, 0.3) is 0 Å². The van der Waals surface area contributed by atoms with Crippen molar-refractivity contribution >= 4 is 23.2 Å². The number of hydrogen-bond acceptors (Lipinski definition) is 3. The van der Waals surface area contributed by atoms with E-state index >= 15 is 0 Å². The van der Waals surface area contributed by atoms with E-state index in [-0.39, 0.29) is 0 Å². The van der Waals surface area contributed by atoms with Crippen LogP contribution < -0.4 is 10.5 Å². The Balaban J connectivity index is 2.42. The van der Waals surface area contributed by atoms with E-state index in [1.165, 1.54) is 0 Å². The average Bonchev–Trinajstić information content (AvgIpc) is 2.58. The lowest BCUT2D eigenvalue weighted by atomic mass is 10.2. The SMILES string of the molecule is Cc1nn(C)c(Oc2cc(Cl)ccc2Cl)c1CN. The van der Waals surface area contributed by atoms with Gasteiger partial charge in [-0.1, -0.05) is 23.2 Å². The van der Waals surface area contributed by atoms with E-state index in [1.54, 1.807) is 29.9 Å². The third kappa shape index (κ3) is 2.46. The third-order valence-electron chi connectivity index (χ3n) is 2.59. The van der Waals surface area contributed by atoms with Gasteiger partial charge in [0.2, 0.25) is 5.88 Å². The first-order valence-electron chi connectivity index (χ1n) is 5.38. The van der Waals surface area contributed by atoms with E-state index in [9.17, 15) is 0 Å². The first-order chi connectivity index (χ1) is 8.52. The monoisotopic (exact) mass is 285 g/mol. The minimum atomic E-state index is 0.354. The largest absolute Gasteiger partial charge is 0.437 e. The van der Waals surface area contributed by atoms with Crippen molar-refractivity contribution in [2.75, 3.05) is 0 Å². The van der Waals surface area contributed by atoms with Crippen LogP contribution in [0.2, 0.25) is 10.0 Å². The molecule has 0 aliphatic carbocycles. The quantitative estimate of drug-likeness (QED) is 0.942. The lowest BCUT2D eigenvalue weighted by Crippen LogP contribution is -2.01. The van der Waals surface area contributed by atoms with E-state index < -0.39 is 0 Å². The zero-order valence-electron chi connectivity index (χ0n) is 10.1. The van der Waals surface area contributed by atoms with Crippen molar-refractivity contribution in [2.45, 2.75) is 13.5 Å². The minimum Gasteiger partial charge on any atom is -0.437 e. The molecule has 0 unspecified atom stereocenters. The maximum Gasteiger partial charge on any atom is 0.222 e. The van der Waals surface area contributed by atoms with Crippen LogP contribution in [0.15, 0.2) is 18.2 Å². The van der Waals surface area contributed by atoms with Gasteiger partial charge in [-0.15, -0.1) is 0 Å². The number of halogens is 2. The highest BCUT2D eigenvalue weighted by Gasteiger charge is 2.15. The molecule has 4 nitrogen and oxygen atoms in total. The molecule has 0 aliphatic rings. The molecule has 2 aromatic rings. The van der Waals surface area contributed by atoms with Gasteiger partial charge < -0.3 is 10.5 Å². The number of hydrogen-bond donors (Lipinski definition) is 1. The van der Waals surface area contributed by atoms with Gasteiger partial charge in [-0.05, 0) is 19.1 Å². The lowest BCUT2D eigenvalue weighted by molar-refractivity contribution is 0.426. The Labute approximate surface area is 115 Å². The molecule has 96 valence electrons. The average molecular weight is 286 g/mol. The third-order valence-corrected chi connectivity index (χ3v) is 3.14. The van der Waals surface area contributed by atoms with Crippen molar-refractivity contribution < 1.29 is 4.74 Å². The molecule has 0 saturated carbocycles. The summed E-state index contributed by atoms with van der Waals surface area (Å²) in [6.07, 6.45) is 0. The molecule has 1 heterocycles. The molecular weight excluding hydrogens is 273 g/mol. The number of nitrogens with two attached hydrogens (primary N) is 1. The molecular formula is C12H13Cl2N3O. The number of ether oxygens (including phenoxy) is 1. The summed E-state index contributed by atoms with van der Waals surface area (Å²) in [4.78, 5) is 0. The molecule has 2 rings (SSSR count). The predicted molar refractivity (Wildman–Crippen MR) is 72.4 cm³/mol. The Kier molecular flexibility index (Phi) is 3.80. The lowest BCUT2D eigenvalue weighted by Gasteiger charge is -2.09. The Morgan fingerprint density at radius 1 is 1.39 bits per heavy atom. The molecule has 18 heavy (non-hydrogen) atoms. The molecule has 2 N–H and O–H groups in total. The maximum absolute atomic E-state index is 6.06. The highest BCUT2D eigenvalue weighted by Crippen LogP contribution is 2.33. The second-order valence-corrected chi connectivity index (χ2v) is 4.72. The van der Waals surface area contributed by atoms with Crippen LogP contribution in [-0.4, -0.2) is 9.78 Å². The van der Waals surface area contributed by atoms with E-state index in [1.807, 2.05) is 6.92 Å². The number of aryl methyl sites for hydroxylation is 2. The van der Waals surface area contributed by atoms with E-state index in [2.05, 4.69) is 5.10 Å². The van der Waals surface area contributed by atoms with Crippen molar-refractivity contribution in [2.24, 2.45) is 12.8 Å². The predicted octanol–water partition coefficient (Wildman–Crippen LogP) is 3.29. The number of nitrogens with zero attached hydrogens (tertiary/aromatic N) is 2. The molecule has 0 amide bonds. The Morgan fingerprint density at radius 3 is 2.78 bits per heavy atom. The Morgan fingerprint density at radius 2 is 2.11 bits per heavy atom. The molecule has 0 spiro atoms. The van der Waals surface area contributed by atoms with Crippen LogP contribution >= 0.6 is 23.2 Å². The van der Waals surface area contributed by atoms with Crippen molar-refractivity contribution in [1.29, 1.82) is 0 Å². The summed E-state index contributed by atoms with van der Waals surface area (Å²) in [5.41, 5.74) is 7.39. The van der Waals surface area contributed by atoms with E-state index in [4.69, 9.17) is 33.7 Å². The molecule has 1 aromatic carbocycles. The Hall–Kier alpha value is -1.23. The molecule has 0 fully saturated rings. The van der Waals surface area contributed by atoms with Crippen LogP contribution in [-0.2, 0) is 13.6 Å². The maximum atomic E-state index is 6.06. The van der Waals surface area contributed by atoms with E-state index in [0.29, 0.717) is 28.2 Å². The summed E-state index contributed by atoms with van der Waals surface area (Å²) in [7, 11) is 1.79. The highest BCUT2D eigenvalue weighted by molar-refractivity contribution is 6.34. The normalized spacial score (nSPS) is 10.7. The van der Waals surface area contributed by atoms with E-state index in [0.717, 1.165) is 11.3 Å². The molecule has 0 bridgehead atoms. The summed E-state index contributed by atoms with van der Waals surface area (Å²) in [5, 5.41) is 5.31. The summed E-state index contributed by atoms with van der Waals surface area (Å²) in [6.45, 7) is 2.24. The molecule has 6 heteroatoms. The molecule has 0 aliphatic heterocycles. The first kappa shape index (κ1) is 13.2.